The maximum absolute atomic E-state index is 6.73. The van der Waals surface area contributed by atoms with Crippen LogP contribution in [0.3, 0.4) is 0 Å². The molecule has 20 heavy (non-hydrogen) atoms. The van der Waals surface area contributed by atoms with Crippen LogP contribution in [0.25, 0.3) is 0 Å². The van der Waals surface area contributed by atoms with Gasteiger partial charge in [-0.15, -0.1) is 0 Å². The van der Waals surface area contributed by atoms with E-state index in [0.717, 1.165) is 5.69 Å². The molecule has 3 heteroatoms. The summed E-state index contributed by atoms with van der Waals surface area (Å²) < 4.78 is 6.73. The van der Waals surface area contributed by atoms with Crippen molar-refractivity contribution in [3.8, 4) is 0 Å². The first-order valence-corrected chi connectivity index (χ1v) is 10.3. The van der Waals surface area contributed by atoms with Gasteiger partial charge in [-0.3, -0.25) is 4.99 Å². The summed E-state index contributed by atoms with van der Waals surface area (Å²) in [5, 5.41) is 0.215. The Morgan fingerprint density at radius 1 is 1.15 bits per heavy atom. The molecule has 1 heterocycles. The molecule has 1 unspecified atom stereocenters. The van der Waals surface area contributed by atoms with Crippen molar-refractivity contribution in [1.29, 1.82) is 0 Å². The summed E-state index contributed by atoms with van der Waals surface area (Å²) in [4.78, 5) is 4.60. The van der Waals surface area contributed by atoms with Crippen molar-refractivity contribution in [3.63, 3.8) is 0 Å². The maximum Gasteiger partial charge on any atom is 0.192 e. The zero-order valence-corrected chi connectivity index (χ0v) is 14.8. The summed E-state index contributed by atoms with van der Waals surface area (Å²) in [5.74, 6) is 0. The first-order valence-electron chi connectivity index (χ1n) is 7.37. The molecule has 0 aliphatic carbocycles. The summed E-state index contributed by atoms with van der Waals surface area (Å²) in [6.45, 7) is 15.9. The average Bonchev–Trinajstić information content (AvgIpc) is 2.31. The van der Waals surface area contributed by atoms with Crippen molar-refractivity contribution in [2.75, 3.05) is 0 Å². The van der Waals surface area contributed by atoms with Crippen molar-refractivity contribution in [2.45, 2.75) is 58.9 Å². The lowest BCUT2D eigenvalue weighted by atomic mass is 9.81. The lowest BCUT2D eigenvalue weighted by Gasteiger charge is -2.44. The predicted molar refractivity (Wildman–Crippen MR) is 89.4 cm³/mol. The van der Waals surface area contributed by atoms with E-state index in [4.69, 9.17) is 4.43 Å². The van der Waals surface area contributed by atoms with Gasteiger partial charge in [0, 0.05) is 17.2 Å². The maximum atomic E-state index is 6.73. The van der Waals surface area contributed by atoms with Gasteiger partial charge in [0.15, 0.2) is 8.32 Å². The molecule has 0 N–H and O–H groups in total. The van der Waals surface area contributed by atoms with E-state index in [-0.39, 0.29) is 16.6 Å². The second-order valence-electron chi connectivity index (χ2n) is 7.90. The normalized spacial score (nSPS) is 21.6. The van der Waals surface area contributed by atoms with Gasteiger partial charge in [-0.25, -0.2) is 0 Å². The number of fused-ring (bicyclic) bond motifs is 1. The highest BCUT2D eigenvalue weighted by Gasteiger charge is 2.44. The number of hydrogen-bond donors (Lipinski definition) is 0. The SMILES string of the molecule is CC1(C)C=Nc2ccccc2C1O[Si](C)(C)C(C)(C)C. The molecule has 1 aliphatic heterocycles. The Balaban J connectivity index is 2.41. The van der Waals surface area contributed by atoms with Crippen molar-refractivity contribution in [1.82, 2.24) is 0 Å². The van der Waals surface area contributed by atoms with Gasteiger partial charge in [-0.2, -0.15) is 0 Å². The largest absolute Gasteiger partial charge is 0.409 e. The molecule has 1 aromatic rings. The summed E-state index contributed by atoms with van der Waals surface area (Å²) in [7, 11) is -1.81. The molecular formula is C17H27NOSi. The monoisotopic (exact) mass is 289 g/mol. The third-order valence-electron chi connectivity index (χ3n) is 4.65. The molecule has 1 atom stereocenters. The molecule has 2 rings (SSSR count). The Morgan fingerprint density at radius 3 is 2.35 bits per heavy atom. The first kappa shape index (κ1) is 15.5. The average molecular weight is 289 g/mol. The highest BCUT2D eigenvalue weighted by molar-refractivity contribution is 6.74. The molecule has 1 aliphatic rings. The predicted octanol–water partition coefficient (Wildman–Crippen LogP) is 5.49. The third-order valence-corrected chi connectivity index (χ3v) is 9.09. The Kier molecular flexibility index (Phi) is 3.72. The molecular weight excluding hydrogens is 262 g/mol. The quantitative estimate of drug-likeness (QED) is 0.659. The van der Waals surface area contributed by atoms with Crippen molar-refractivity contribution in [2.24, 2.45) is 10.4 Å². The molecule has 0 aromatic heterocycles. The summed E-state index contributed by atoms with van der Waals surface area (Å²) in [6, 6.07) is 8.35. The zero-order chi connectivity index (χ0) is 15.2. The lowest BCUT2D eigenvalue weighted by molar-refractivity contribution is 0.105. The number of rotatable bonds is 2. The van der Waals surface area contributed by atoms with Crippen molar-refractivity contribution >= 4 is 20.2 Å². The van der Waals surface area contributed by atoms with Crippen LogP contribution in [0.1, 0.15) is 46.3 Å². The highest BCUT2D eigenvalue weighted by Crippen LogP contribution is 2.48. The summed E-state index contributed by atoms with van der Waals surface area (Å²) in [6.07, 6.45) is 2.14. The fraction of sp³-hybridized carbons (Fsp3) is 0.588. The van der Waals surface area contributed by atoms with Gasteiger partial charge in [0.2, 0.25) is 0 Å². The molecule has 0 spiro atoms. The minimum absolute atomic E-state index is 0.0656. The summed E-state index contributed by atoms with van der Waals surface area (Å²) >= 11 is 0. The fourth-order valence-corrected chi connectivity index (χ4v) is 3.59. The van der Waals surface area contributed by atoms with Crippen LogP contribution in [0.4, 0.5) is 5.69 Å². The molecule has 0 radical (unpaired) electrons. The molecule has 0 saturated carbocycles. The Hall–Kier alpha value is -0.933. The van der Waals surface area contributed by atoms with Crippen molar-refractivity contribution < 1.29 is 4.43 Å². The van der Waals surface area contributed by atoms with Gasteiger partial charge in [-0.1, -0.05) is 52.8 Å². The number of para-hydroxylation sites is 1. The van der Waals surface area contributed by atoms with E-state index < -0.39 is 8.32 Å². The van der Waals surface area contributed by atoms with Gasteiger partial charge >= 0.3 is 0 Å². The Morgan fingerprint density at radius 2 is 1.75 bits per heavy atom. The number of nitrogens with zero attached hydrogens (tertiary/aromatic N) is 1. The molecule has 0 fully saturated rings. The van der Waals surface area contributed by atoms with E-state index in [9.17, 15) is 0 Å². The minimum atomic E-state index is -1.81. The van der Waals surface area contributed by atoms with E-state index in [0.29, 0.717) is 0 Å². The molecule has 0 amide bonds. The van der Waals surface area contributed by atoms with E-state index in [2.05, 4.69) is 70.9 Å². The van der Waals surface area contributed by atoms with Crippen LogP contribution in [0.2, 0.25) is 18.1 Å². The van der Waals surface area contributed by atoms with Crippen LogP contribution >= 0.6 is 0 Å². The van der Waals surface area contributed by atoms with E-state index >= 15 is 0 Å². The second-order valence-corrected chi connectivity index (χ2v) is 12.7. The molecule has 2 nitrogen and oxygen atoms in total. The van der Waals surface area contributed by atoms with Crippen LogP contribution in [0, 0.1) is 5.41 Å². The van der Waals surface area contributed by atoms with Gasteiger partial charge in [0.25, 0.3) is 0 Å². The van der Waals surface area contributed by atoms with E-state index in [1.54, 1.807) is 0 Å². The summed E-state index contributed by atoms with van der Waals surface area (Å²) in [5.41, 5.74) is 2.21. The standard InChI is InChI=1S/C17H27NOSi/c1-16(2,3)20(6,7)19-15-13-10-8-9-11-14(13)18-12-17(15,4)5/h8-12,15H,1-7H3. The van der Waals surface area contributed by atoms with Crippen LogP contribution in [0.5, 0.6) is 0 Å². The van der Waals surface area contributed by atoms with Crippen LogP contribution < -0.4 is 0 Å². The Labute approximate surface area is 124 Å². The Bertz CT molecular complexity index is 526. The highest BCUT2D eigenvalue weighted by atomic mass is 28.4. The molecule has 1 aromatic carbocycles. The van der Waals surface area contributed by atoms with Gasteiger partial charge in [0.05, 0.1) is 11.8 Å². The zero-order valence-electron chi connectivity index (χ0n) is 13.8. The van der Waals surface area contributed by atoms with Gasteiger partial charge in [-0.05, 0) is 24.2 Å². The number of aliphatic imine (C=N–C) groups is 1. The second kappa shape index (κ2) is 4.81. The smallest absolute Gasteiger partial charge is 0.192 e. The van der Waals surface area contributed by atoms with Crippen LogP contribution in [-0.2, 0) is 4.43 Å². The van der Waals surface area contributed by atoms with Crippen LogP contribution in [0.15, 0.2) is 29.3 Å². The van der Waals surface area contributed by atoms with E-state index in [1.165, 1.54) is 5.56 Å². The van der Waals surface area contributed by atoms with Gasteiger partial charge in [0.1, 0.15) is 0 Å². The van der Waals surface area contributed by atoms with E-state index in [1.807, 2.05) is 12.3 Å². The molecule has 0 saturated heterocycles. The lowest BCUT2D eigenvalue weighted by Crippen LogP contribution is -2.45. The van der Waals surface area contributed by atoms with Crippen molar-refractivity contribution in [3.05, 3.63) is 29.8 Å². The number of hydrogen-bond acceptors (Lipinski definition) is 2. The minimum Gasteiger partial charge on any atom is -0.409 e. The number of benzene rings is 1. The fourth-order valence-electron chi connectivity index (χ4n) is 2.22. The molecule has 110 valence electrons. The third kappa shape index (κ3) is 2.74. The first-order chi connectivity index (χ1) is 9.05. The van der Waals surface area contributed by atoms with Crippen LogP contribution in [-0.4, -0.2) is 14.5 Å². The van der Waals surface area contributed by atoms with Gasteiger partial charge < -0.3 is 4.43 Å². The molecule has 0 bridgehead atoms. The topological polar surface area (TPSA) is 21.6 Å².